The summed E-state index contributed by atoms with van der Waals surface area (Å²) < 4.78 is 41.4. The van der Waals surface area contributed by atoms with Crippen molar-refractivity contribution in [2.75, 3.05) is 13.1 Å². The summed E-state index contributed by atoms with van der Waals surface area (Å²) in [7, 11) is 0. The van der Waals surface area contributed by atoms with Crippen molar-refractivity contribution in [3.63, 3.8) is 0 Å². The van der Waals surface area contributed by atoms with Gasteiger partial charge in [-0.1, -0.05) is 12.1 Å². The van der Waals surface area contributed by atoms with Crippen molar-refractivity contribution < 1.29 is 13.2 Å². The fourth-order valence-corrected chi connectivity index (χ4v) is 2.31. The van der Waals surface area contributed by atoms with Gasteiger partial charge in [-0.2, -0.15) is 0 Å². The van der Waals surface area contributed by atoms with Crippen molar-refractivity contribution in [1.82, 2.24) is 5.32 Å². The smallest absolute Gasteiger partial charge is 0.276 e. The van der Waals surface area contributed by atoms with Gasteiger partial charge in [0.25, 0.3) is 5.92 Å². The first-order valence-corrected chi connectivity index (χ1v) is 5.95. The molecule has 0 saturated carbocycles. The Morgan fingerprint density at radius 3 is 2.76 bits per heavy atom. The summed E-state index contributed by atoms with van der Waals surface area (Å²) in [5, 5.41) is 3.10. The predicted octanol–water partition coefficient (Wildman–Crippen LogP) is 3.31. The summed E-state index contributed by atoms with van der Waals surface area (Å²) in [6.07, 6.45) is 1.66. The van der Waals surface area contributed by atoms with Crippen LogP contribution in [0.1, 0.15) is 24.8 Å². The van der Waals surface area contributed by atoms with Crippen molar-refractivity contribution in [3.05, 3.63) is 35.6 Å². The van der Waals surface area contributed by atoms with E-state index in [-0.39, 0.29) is 5.56 Å². The summed E-state index contributed by atoms with van der Waals surface area (Å²) >= 11 is 0. The van der Waals surface area contributed by atoms with Gasteiger partial charge >= 0.3 is 0 Å². The van der Waals surface area contributed by atoms with E-state index >= 15 is 0 Å². The number of hydrogen-bond acceptors (Lipinski definition) is 1. The summed E-state index contributed by atoms with van der Waals surface area (Å²) in [5.74, 6) is -4.23. The first-order chi connectivity index (χ1) is 8.10. The fourth-order valence-electron chi connectivity index (χ4n) is 2.31. The lowest BCUT2D eigenvalue weighted by Crippen LogP contribution is -2.27. The minimum absolute atomic E-state index is 0.204. The van der Waals surface area contributed by atoms with E-state index < -0.39 is 17.7 Å². The molecule has 0 bridgehead atoms. The summed E-state index contributed by atoms with van der Waals surface area (Å²) in [6, 6.07) is 4.78. The number of hydrogen-bond donors (Lipinski definition) is 1. The van der Waals surface area contributed by atoms with Crippen LogP contribution in [0.3, 0.4) is 0 Å². The van der Waals surface area contributed by atoms with Gasteiger partial charge in [-0.3, -0.25) is 0 Å². The molecule has 2 rings (SSSR count). The molecule has 0 amide bonds. The Hall–Kier alpha value is -1.03. The Morgan fingerprint density at radius 2 is 2.00 bits per heavy atom. The number of alkyl halides is 2. The fraction of sp³-hybridized carbons (Fsp3) is 0.538. The van der Waals surface area contributed by atoms with Gasteiger partial charge in [0.1, 0.15) is 5.82 Å². The average molecular weight is 243 g/mol. The molecule has 1 saturated heterocycles. The molecule has 1 aromatic rings. The maximum atomic E-state index is 14.2. The summed E-state index contributed by atoms with van der Waals surface area (Å²) in [6.45, 7) is 1.39. The van der Waals surface area contributed by atoms with E-state index in [9.17, 15) is 13.2 Å². The Morgan fingerprint density at radius 1 is 1.18 bits per heavy atom. The molecule has 0 radical (unpaired) electrons. The van der Waals surface area contributed by atoms with Gasteiger partial charge in [0, 0.05) is 11.5 Å². The molecule has 0 aliphatic carbocycles. The van der Waals surface area contributed by atoms with Crippen LogP contribution in [0.2, 0.25) is 0 Å². The molecule has 17 heavy (non-hydrogen) atoms. The maximum Gasteiger partial charge on any atom is 0.276 e. The van der Waals surface area contributed by atoms with Gasteiger partial charge in [-0.25, -0.2) is 13.2 Å². The van der Waals surface area contributed by atoms with Gasteiger partial charge in [0.05, 0.1) is 0 Å². The Balaban J connectivity index is 2.21. The van der Waals surface area contributed by atoms with Crippen LogP contribution in [0.15, 0.2) is 24.3 Å². The number of rotatable bonds is 2. The minimum atomic E-state index is -2.94. The molecule has 1 N–H and O–H groups in total. The molecule has 1 aliphatic rings. The topological polar surface area (TPSA) is 12.0 Å². The highest BCUT2D eigenvalue weighted by atomic mass is 19.3. The lowest BCUT2D eigenvalue weighted by molar-refractivity contribution is -0.0696. The third kappa shape index (κ3) is 2.80. The van der Waals surface area contributed by atoms with E-state index in [0.717, 1.165) is 19.0 Å². The SMILES string of the molecule is Fc1cccc(C(F)(F)C2CCCNCC2)c1. The second-order valence-corrected chi connectivity index (χ2v) is 4.51. The second kappa shape index (κ2) is 5.08. The van der Waals surface area contributed by atoms with Crippen molar-refractivity contribution in [2.24, 2.45) is 5.92 Å². The predicted molar refractivity (Wildman–Crippen MR) is 60.5 cm³/mol. The van der Waals surface area contributed by atoms with Crippen LogP contribution in [-0.2, 0) is 5.92 Å². The average Bonchev–Trinajstić information content (AvgIpc) is 2.58. The van der Waals surface area contributed by atoms with E-state index in [1.807, 2.05) is 0 Å². The molecule has 1 nitrogen and oxygen atoms in total. The molecular formula is C13H16F3N. The highest BCUT2D eigenvalue weighted by Crippen LogP contribution is 2.40. The quantitative estimate of drug-likeness (QED) is 0.840. The van der Waals surface area contributed by atoms with Gasteiger partial charge in [-0.05, 0) is 44.5 Å². The molecule has 1 unspecified atom stereocenters. The first-order valence-electron chi connectivity index (χ1n) is 5.95. The third-order valence-corrected chi connectivity index (χ3v) is 3.30. The molecule has 4 heteroatoms. The maximum absolute atomic E-state index is 14.2. The monoisotopic (exact) mass is 243 g/mol. The first kappa shape index (κ1) is 12.4. The highest BCUT2D eigenvalue weighted by molar-refractivity contribution is 5.22. The van der Waals surface area contributed by atoms with Crippen molar-refractivity contribution in [1.29, 1.82) is 0 Å². The van der Waals surface area contributed by atoms with Crippen LogP contribution >= 0.6 is 0 Å². The Bertz CT molecular complexity index is 371. The van der Waals surface area contributed by atoms with Crippen molar-refractivity contribution in [3.8, 4) is 0 Å². The number of halogens is 3. The van der Waals surface area contributed by atoms with E-state index in [1.165, 1.54) is 18.2 Å². The lowest BCUT2D eigenvalue weighted by Gasteiger charge is -2.26. The minimum Gasteiger partial charge on any atom is -0.317 e. The normalized spacial score (nSPS) is 22.2. The van der Waals surface area contributed by atoms with Gasteiger partial charge < -0.3 is 5.32 Å². The van der Waals surface area contributed by atoms with Gasteiger partial charge in [0.15, 0.2) is 0 Å². The molecular weight excluding hydrogens is 227 g/mol. The third-order valence-electron chi connectivity index (χ3n) is 3.30. The zero-order valence-electron chi connectivity index (χ0n) is 9.56. The lowest BCUT2D eigenvalue weighted by atomic mass is 9.88. The molecule has 0 aromatic heterocycles. The molecule has 94 valence electrons. The Labute approximate surface area is 99.0 Å². The van der Waals surface area contributed by atoms with Crippen molar-refractivity contribution >= 4 is 0 Å². The van der Waals surface area contributed by atoms with E-state index in [0.29, 0.717) is 19.4 Å². The molecule has 1 fully saturated rings. The molecule has 1 atom stereocenters. The summed E-state index contributed by atoms with van der Waals surface area (Å²) in [5.41, 5.74) is -0.204. The van der Waals surface area contributed by atoms with Gasteiger partial charge in [0.2, 0.25) is 0 Å². The van der Waals surface area contributed by atoms with Crippen LogP contribution in [0.4, 0.5) is 13.2 Å². The largest absolute Gasteiger partial charge is 0.317 e. The second-order valence-electron chi connectivity index (χ2n) is 4.51. The number of nitrogens with one attached hydrogen (secondary N) is 1. The Kier molecular flexibility index (Phi) is 3.72. The summed E-state index contributed by atoms with van der Waals surface area (Å²) in [4.78, 5) is 0. The van der Waals surface area contributed by atoms with Crippen LogP contribution in [-0.4, -0.2) is 13.1 Å². The molecule has 1 heterocycles. The standard InChI is InChI=1S/C13H16F3N/c14-12-5-1-3-11(9-12)13(15,16)10-4-2-7-17-8-6-10/h1,3,5,9-10,17H,2,4,6-8H2. The van der Waals surface area contributed by atoms with Crippen LogP contribution in [0.25, 0.3) is 0 Å². The highest BCUT2D eigenvalue weighted by Gasteiger charge is 2.41. The zero-order valence-corrected chi connectivity index (χ0v) is 9.56. The van der Waals surface area contributed by atoms with E-state index in [4.69, 9.17) is 0 Å². The zero-order chi connectivity index (χ0) is 12.3. The molecule has 1 aliphatic heterocycles. The van der Waals surface area contributed by atoms with Crippen LogP contribution in [0.5, 0.6) is 0 Å². The van der Waals surface area contributed by atoms with Crippen LogP contribution < -0.4 is 5.32 Å². The van der Waals surface area contributed by atoms with Crippen LogP contribution in [0, 0.1) is 11.7 Å². The molecule has 0 spiro atoms. The number of benzene rings is 1. The van der Waals surface area contributed by atoms with Crippen molar-refractivity contribution in [2.45, 2.75) is 25.2 Å². The van der Waals surface area contributed by atoms with E-state index in [2.05, 4.69) is 5.32 Å². The van der Waals surface area contributed by atoms with E-state index in [1.54, 1.807) is 0 Å². The molecule has 1 aromatic carbocycles. The van der Waals surface area contributed by atoms with Gasteiger partial charge in [-0.15, -0.1) is 0 Å².